The number of carbonyl (C=O) groups is 3. The number of urea groups is 1. The van der Waals surface area contributed by atoms with E-state index in [-0.39, 0.29) is 71.7 Å². The molecule has 84 heavy (non-hydrogen) atoms. The largest absolute Gasteiger partial charge is 0.491 e. The smallest absolute Gasteiger partial charge is 0.335 e. The van der Waals surface area contributed by atoms with E-state index < -0.39 is 90.9 Å². The zero-order valence-electron chi connectivity index (χ0n) is 45.0. The van der Waals surface area contributed by atoms with Crippen LogP contribution in [0.3, 0.4) is 0 Å². The number of rotatable bonds is 24. The van der Waals surface area contributed by atoms with Gasteiger partial charge >= 0.3 is 18.0 Å². The van der Waals surface area contributed by atoms with Crippen molar-refractivity contribution in [1.29, 1.82) is 0 Å². The van der Waals surface area contributed by atoms with Crippen molar-refractivity contribution in [3.8, 4) is 11.5 Å². The molecule has 0 heterocycles. The first-order valence-corrected chi connectivity index (χ1v) is 30.4. The Bertz CT molecular complexity index is 3950. The summed E-state index contributed by atoms with van der Waals surface area (Å²) in [5.41, 5.74) is 3.39. The summed E-state index contributed by atoms with van der Waals surface area (Å²) in [6.07, 6.45) is -0.278. The van der Waals surface area contributed by atoms with E-state index >= 15 is 0 Å². The molecule has 0 bridgehead atoms. The van der Waals surface area contributed by atoms with Crippen LogP contribution < -0.4 is 20.1 Å². The van der Waals surface area contributed by atoms with Crippen LogP contribution in [0.1, 0.15) is 66.9 Å². The van der Waals surface area contributed by atoms with E-state index in [4.69, 9.17) is 9.47 Å². The van der Waals surface area contributed by atoms with Crippen LogP contribution in [0.4, 0.5) is 61.7 Å². The van der Waals surface area contributed by atoms with Crippen molar-refractivity contribution in [3.05, 3.63) is 129 Å². The number of amides is 2. The molecule has 29 nitrogen and oxygen atoms in total. The summed E-state index contributed by atoms with van der Waals surface area (Å²) in [4.78, 5) is 34.8. The highest BCUT2D eigenvalue weighted by molar-refractivity contribution is 7.86. The summed E-state index contributed by atoms with van der Waals surface area (Å²) < 4.78 is 143. The van der Waals surface area contributed by atoms with Crippen LogP contribution in [-0.2, 0) is 40.5 Å². The van der Waals surface area contributed by atoms with Gasteiger partial charge in [0, 0.05) is 23.5 Å². The van der Waals surface area contributed by atoms with E-state index in [0.29, 0.717) is 68.3 Å². The number of hydrogen-bond donors (Lipinski definition) is 8. The predicted octanol–water partition coefficient (Wildman–Crippen LogP) is 12.0. The molecule has 444 valence electrons. The second kappa shape index (κ2) is 26.6. The van der Waals surface area contributed by atoms with Crippen molar-refractivity contribution in [1.82, 2.24) is 0 Å². The lowest BCUT2D eigenvalue weighted by Gasteiger charge is -2.14. The van der Waals surface area contributed by atoms with Crippen molar-refractivity contribution in [2.45, 2.75) is 64.2 Å². The van der Waals surface area contributed by atoms with E-state index in [1.54, 1.807) is 65.8 Å². The van der Waals surface area contributed by atoms with Crippen LogP contribution in [0, 0.1) is 41.5 Å². The fourth-order valence-corrected chi connectivity index (χ4v) is 9.70. The Kier molecular flexibility index (Phi) is 20.4. The van der Waals surface area contributed by atoms with Crippen molar-refractivity contribution in [2.75, 3.05) is 35.4 Å². The summed E-state index contributed by atoms with van der Waals surface area (Å²) >= 11 is 0. The van der Waals surface area contributed by atoms with Gasteiger partial charge in [-0.1, -0.05) is 0 Å². The zero-order chi connectivity index (χ0) is 62.1. The lowest BCUT2D eigenvalue weighted by atomic mass is 10.1. The zero-order valence-corrected chi connectivity index (χ0v) is 48.3. The molecule has 0 radical (unpaired) electrons. The third kappa shape index (κ3) is 18.1. The predicted molar refractivity (Wildman–Crippen MR) is 303 cm³/mol. The van der Waals surface area contributed by atoms with Crippen LogP contribution >= 0.6 is 0 Å². The summed E-state index contributed by atoms with van der Waals surface area (Å²) in [6.45, 7) is 9.57. The molecule has 0 saturated heterocycles. The lowest BCUT2D eigenvalue weighted by molar-refractivity contribution is 0.0685. The average molecular weight is 1240 g/mol. The molecule has 0 atom stereocenters. The van der Waals surface area contributed by atoms with E-state index in [0.717, 1.165) is 24.3 Å². The van der Waals surface area contributed by atoms with Gasteiger partial charge in [-0.05, 0) is 161 Å². The molecule has 0 fully saturated rings. The SMILES string of the molecule is Cc1cc(NC(=O)Nc2cc(C)c(N=Nc3cc(C)c(N=Nc4ccc(C(=O)O)cc4S(=O)(=O)O)cc3OCCCS(=O)(=O)O)cc2C)c(C)cc1N=Nc1cc(C)c(N=Nc2ccc(C(=O)O)cc2S(=O)(=O)O)cc1OCCCS(=O)(=O)O. The van der Waals surface area contributed by atoms with Crippen molar-refractivity contribution >= 4 is 115 Å². The maximum Gasteiger partial charge on any atom is 0.335 e. The quantitative estimate of drug-likeness (QED) is 0.0158. The Morgan fingerprint density at radius 3 is 1.02 bits per heavy atom. The molecular formula is C51H52N10O19S4. The van der Waals surface area contributed by atoms with Crippen molar-refractivity contribution in [3.63, 3.8) is 0 Å². The van der Waals surface area contributed by atoms with E-state index in [2.05, 4.69) is 51.5 Å². The van der Waals surface area contributed by atoms with Crippen LogP contribution in [0.5, 0.6) is 11.5 Å². The molecule has 6 rings (SSSR count). The number of anilines is 2. The number of ether oxygens (including phenoxy) is 2. The molecule has 0 unspecified atom stereocenters. The lowest BCUT2D eigenvalue weighted by Crippen LogP contribution is -2.20. The highest BCUT2D eigenvalue weighted by Crippen LogP contribution is 2.41. The highest BCUT2D eigenvalue weighted by atomic mass is 32.2. The minimum absolute atomic E-state index is 0.0137. The number of carboxylic acid groups (broad SMARTS) is 2. The number of nitrogens with one attached hydrogen (secondary N) is 2. The standard InChI is InChI=1S/C51H52N10O19S4/c1-27-19-39(56-60-43-21-31(5)41(25-45(43)79-13-7-15-81(67,68)69)58-54-35-11-9-33(49(62)63)23-47(35)83(73,74)75)29(3)17-37(27)52-51(66)53-38-18-30(4)40(20-28(38)2)57-61-44-22-32(6)42(26-46(44)80-14-8-16-82(70,71)72)59-55-36-12-10-34(50(64)65)24-48(36)84(76,77)78/h9-12,17-26H,7-8,13-16H2,1-6H3,(H,62,63)(H,64,65)(H2,52,53,66)(H,67,68,69)(H,70,71,72)(H,73,74,75)(H,76,77,78). The molecule has 0 aliphatic carbocycles. The van der Waals surface area contributed by atoms with Gasteiger partial charge < -0.3 is 30.3 Å². The van der Waals surface area contributed by atoms with E-state index in [1.165, 1.54) is 24.3 Å². The Labute approximate surface area is 480 Å². The maximum absolute atomic E-state index is 13.5. The second-order valence-electron chi connectivity index (χ2n) is 18.4. The van der Waals surface area contributed by atoms with Crippen molar-refractivity contribution in [2.24, 2.45) is 40.9 Å². The summed E-state index contributed by atoms with van der Waals surface area (Å²) in [6, 6.07) is 17.3. The number of carbonyl (C=O) groups excluding carboxylic acids is 1. The molecule has 2 amide bonds. The number of aryl methyl sites for hydroxylation is 6. The summed E-state index contributed by atoms with van der Waals surface area (Å²) in [5.74, 6) is -4.13. The molecule has 0 spiro atoms. The number of hydrogen-bond acceptors (Lipinski definition) is 21. The van der Waals surface area contributed by atoms with Gasteiger partial charge in [-0.15, -0.1) is 20.5 Å². The number of nitrogens with zero attached hydrogens (tertiary/aromatic N) is 8. The van der Waals surface area contributed by atoms with Gasteiger partial charge in [-0.25, -0.2) is 14.4 Å². The number of carboxylic acids is 2. The van der Waals surface area contributed by atoms with Crippen LogP contribution in [-0.4, -0.2) is 105 Å². The molecule has 8 N–H and O–H groups in total. The molecule has 0 aromatic heterocycles. The third-order valence-electron chi connectivity index (χ3n) is 11.8. The van der Waals surface area contributed by atoms with Gasteiger partial charge in [0.05, 0.1) is 58.6 Å². The minimum atomic E-state index is -4.95. The molecule has 0 aliphatic heterocycles. The summed E-state index contributed by atoms with van der Waals surface area (Å²) in [7, 11) is -18.5. The maximum atomic E-state index is 13.5. The third-order valence-corrected chi connectivity index (χ3v) is 15.2. The Morgan fingerprint density at radius 2 is 0.702 bits per heavy atom. The molecule has 6 aromatic rings. The highest BCUT2D eigenvalue weighted by Gasteiger charge is 2.22. The minimum Gasteiger partial charge on any atom is -0.491 e. The van der Waals surface area contributed by atoms with Gasteiger partial charge in [0.1, 0.15) is 44.0 Å². The van der Waals surface area contributed by atoms with Gasteiger partial charge in [0.2, 0.25) is 0 Å². The van der Waals surface area contributed by atoms with Gasteiger partial charge in [-0.2, -0.15) is 54.1 Å². The topological polar surface area (TPSA) is 451 Å². The second-order valence-corrected chi connectivity index (χ2v) is 24.3. The number of benzene rings is 6. The first-order valence-electron chi connectivity index (χ1n) is 24.3. The molecule has 6 aromatic carbocycles. The molecular weight excluding hydrogens is 1180 g/mol. The number of azo groups is 4. The van der Waals surface area contributed by atoms with Crippen molar-refractivity contribution < 1.29 is 86.0 Å². The Balaban J connectivity index is 1.20. The van der Waals surface area contributed by atoms with Crippen LogP contribution in [0.15, 0.2) is 136 Å². The van der Waals surface area contributed by atoms with E-state index in [9.17, 15) is 76.5 Å². The number of aromatic carboxylic acids is 2. The normalized spacial score (nSPS) is 12.4. The van der Waals surface area contributed by atoms with E-state index in [1.807, 2.05) is 0 Å². The first-order chi connectivity index (χ1) is 39.1. The Morgan fingerprint density at radius 1 is 0.405 bits per heavy atom. The molecule has 0 aliphatic rings. The molecule has 0 saturated carbocycles. The fraction of sp³-hybridized carbons (Fsp3) is 0.235. The van der Waals surface area contributed by atoms with Crippen LogP contribution in [0.25, 0.3) is 0 Å². The van der Waals surface area contributed by atoms with Gasteiger partial charge in [0.15, 0.2) is 0 Å². The van der Waals surface area contributed by atoms with Gasteiger partial charge in [-0.3, -0.25) is 18.2 Å². The fourth-order valence-electron chi connectivity index (χ4n) is 7.44. The molecule has 33 heteroatoms. The first kappa shape index (κ1) is 64.3. The van der Waals surface area contributed by atoms with Crippen LogP contribution in [0.2, 0.25) is 0 Å². The monoisotopic (exact) mass is 1240 g/mol. The van der Waals surface area contributed by atoms with Gasteiger partial charge in [0.25, 0.3) is 40.5 Å². The average Bonchev–Trinajstić information content (AvgIpc) is 2.56. The Hall–Kier alpha value is -8.83. The summed E-state index contributed by atoms with van der Waals surface area (Å²) in [5, 5.41) is 57.8.